The van der Waals surface area contributed by atoms with Crippen LogP contribution in [0.3, 0.4) is 0 Å². The van der Waals surface area contributed by atoms with Gasteiger partial charge in [0.25, 0.3) is 5.91 Å². The maximum atomic E-state index is 13.2. The quantitative estimate of drug-likeness (QED) is 0.518. The van der Waals surface area contributed by atoms with Crippen molar-refractivity contribution in [3.8, 4) is 0 Å². The van der Waals surface area contributed by atoms with E-state index in [4.69, 9.17) is 9.47 Å². The highest BCUT2D eigenvalue weighted by atomic mass is 79.9. The molecule has 3 amide bonds. The second kappa shape index (κ2) is 10.3. The second-order valence-corrected chi connectivity index (χ2v) is 11.1. The van der Waals surface area contributed by atoms with Crippen LogP contribution >= 0.6 is 15.9 Å². The fourth-order valence-electron chi connectivity index (χ4n) is 3.47. The van der Waals surface area contributed by atoms with E-state index in [-0.39, 0.29) is 6.54 Å². The van der Waals surface area contributed by atoms with Crippen molar-refractivity contribution in [2.24, 2.45) is 0 Å². The third-order valence-electron chi connectivity index (χ3n) is 4.86. The van der Waals surface area contributed by atoms with E-state index in [1.54, 1.807) is 47.6 Å². The molecule has 2 N–H and O–H groups in total. The molecule has 0 aliphatic carbocycles. The first-order valence-corrected chi connectivity index (χ1v) is 12.2. The number of halogens is 1. The molecule has 1 atom stereocenters. The largest absolute Gasteiger partial charge is 0.442 e. The van der Waals surface area contributed by atoms with Crippen LogP contribution < -0.4 is 10.9 Å². The van der Waals surface area contributed by atoms with E-state index in [1.165, 1.54) is 0 Å². The number of hydrogen-bond donors (Lipinski definition) is 2. The molecule has 0 radical (unpaired) electrons. The lowest BCUT2D eigenvalue weighted by Crippen LogP contribution is -2.63. The Morgan fingerprint density at radius 3 is 2.29 bits per heavy atom. The van der Waals surface area contributed by atoms with E-state index in [0.29, 0.717) is 18.7 Å². The Morgan fingerprint density at radius 1 is 1.00 bits per heavy atom. The van der Waals surface area contributed by atoms with Crippen molar-refractivity contribution < 1.29 is 23.9 Å². The van der Waals surface area contributed by atoms with E-state index in [1.807, 2.05) is 24.3 Å². The van der Waals surface area contributed by atoms with Crippen molar-refractivity contribution >= 4 is 50.7 Å². The molecule has 1 aromatic heterocycles. The van der Waals surface area contributed by atoms with Gasteiger partial charge in [0.2, 0.25) is 0 Å². The molecule has 2 heterocycles. The highest BCUT2D eigenvalue weighted by Gasteiger charge is 2.43. The lowest BCUT2D eigenvalue weighted by molar-refractivity contribution is -0.139. The fourth-order valence-corrected chi connectivity index (χ4v) is 3.82. The van der Waals surface area contributed by atoms with Gasteiger partial charge in [-0.05, 0) is 78.6 Å². The smallest absolute Gasteiger partial charge is 0.430 e. The van der Waals surface area contributed by atoms with Gasteiger partial charge in [-0.1, -0.05) is 22.0 Å². The molecular weight excluding hydrogens is 518 g/mol. The summed E-state index contributed by atoms with van der Waals surface area (Å²) in [6, 6.07) is 8.33. The molecule has 35 heavy (non-hydrogen) atoms. The molecule has 1 aliphatic heterocycles. The van der Waals surface area contributed by atoms with Gasteiger partial charge in [0.1, 0.15) is 23.1 Å². The van der Waals surface area contributed by atoms with Gasteiger partial charge in [0, 0.05) is 16.4 Å². The number of carbonyl (C=O) groups excluding carboxylic acids is 3. The summed E-state index contributed by atoms with van der Waals surface area (Å²) in [5.74, 6) is -0.0900. The summed E-state index contributed by atoms with van der Waals surface area (Å²) in [7, 11) is 0. The average molecular weight is 550 g/mol. The number of rotatable bonds is 3. The van der Waals surface area contributed by atoms with Gasteiger partial charge in [-0.15, -0.1) is 0 Å². The first-order valence-electron chi connectivity index (χ1n) is 11.4. The molecule has 0 saturated carbocycles. The molecule has 190 valence electrons. The number of anilines is 1. The number of benzene rings is 1. The van der Waals surface area contributed by atoms with Crippen LogP contribution in [-0.2, 0) is 14.3 Å². The van der Waals surface area contributed by atoms with Gasteiger partial charge in [0.05, 0.1) is 5.52 Å². The summed E-state index contributed by atoms with van der Waals surface area (Å²) in [4.78, 5) is 43.7. The maximum Gasteiger partial charge on any atom is 0.430 e. The lowest BCUT2D eigenvalue weighted by Gasteiger charge is -2.43. The van der Waals surface area contributed by atoms with Crippen LogP contribution in [-0.4, -0.2) is 56.9 Å². The fraction of sp³-hybridized carbons (Fsp3) is 0.500. The van der Waals surface area contributed by atoms with Crippen LogP contribution in [0, 0.1) is 0 Å². The first-order chi connectivity index (χ1) is 16.2. The normalized spacial score (nSPS) is 16.6. The Balaban J connectivity index is 1.80. The van der Waals surface area contributed by atoms with Crippen LogP contribution in [0.4, 0.5) is 15.4 Å². The first kappa shape index (κ1) is 26.5. The minimum atomic E-state index is -0.992. The number of nitrogens with one attached hydrogen (secondary N) is 2. The number of aromatic nitrogens is 1. The second-order valence-electron chi connectivity index (χ2n) is 10.2. The monoisotopic (exact) mass is 549 g/mol. The number of ether oxygens (including phenoxy) is 2. The molecule has 1 fully saturated rings. The molecule has 2 aromatic rings. The zero-order chi connectivity index (χ0) is 26.0. The van der Waals surface area contributed by atoms with E-state index in [2.05, 4.69) is 31.8 Å². The molecule has 1 saturated heterocycles. The van der Waals surface area contributed by atoms with Crippen molar-refractivity contribution in [2.45, 2.75) is 71.6 Å². The zero-order valence-electron chi connectivity index (χ0n) is 20.8. The number of hydrazine groups is 2. The Morgan fingerprint density at radius 2 is 1.63 bits per heavy atom. The summed E-state index contributed by atoms with van der Waals surface area (Å²) in [5, 5.41) is 3.13. The molecule has 3 rings (SSSR count). The highest BCUT2D eigenvalue weighted by molar-refractivity contribution is 9.10. The highest BCUT2D eigenvalue weighted by Crippen LogP contribution is 2.25. The number of pyridine rings is 1. The average Bonchev–Trinajstić information content (AvgIpc) is 2.74. The van der Waals surface area contributed by atoms with Crippen LogP contribution in [0.1, 0.15) is 54.4 Å². The van der Waals surface area contributed by atoms with Gasteiger partial charge >= 0.3 is 12.2 Å². The topological polar surface area (TPSA) is 113 Å². The van der Waals surface area contributed by atoms with Crippen LogP contribution in [0.5, 0.6) is 0 Å². The minimum absolute atomic E-state index is 0.215. The SMILES string of the molecule is CC(C)(C)OC(=O)N1CCCC(C(=O)NNc2ccc3ccc(Br)cc3n2)N1C(=O)OC(C)(C)C. The third-order valence-corrected chi connectivity index (χ3v) is 5.35. The molecule has 10 nitrogen and oxygen atoms in total. The lowest BCUT2D eigenvalue weighted by atomic mass is 10.1. The number of amides is 3. The molecule has 0 bridgehead atoms. The molecule has 1 unspecified atom stereocenters. The summed E-state index contributed by atoms with van der Waals surface area (Å²) >= 11 is 3.43. The maximum absolute atomic E-state index is 13.2. The van der Waals surface area contributed by atoms with Crippen molar-refractivity contribution in [3.05, 3.63) is 34.8 Å². The summed E-state index contributed by atoms with van der Waals surface area (Å²) in [5.41, 5.74) is 4.56. The van der Waals surface area contributed by atoms with Crippen molar-refractivity contribution in [1.82, 2.24) is 20.4 Å². The van der Waals surface area contributed by atoms with Crippen molar-refractivity contribution in [3.63, 3.8) is 0 Å². The Labute approximate surface area is 213 Å². The standard InChI is InChI=1S/C24H32BrN5O5/c1-23(2,3)34-21(32)29-13-7-8-18(30(29)22(33)35-24(4,5)6)20(31)28-27-19-12-10-15-9-11-16(25)14-17(15)26-19/h9-12,14,18H,7-8,13H2,1-6H3,(H,26,27)(H,28,31). The summed E-state index contributed by atoms with van der Waals surface area (Å²) < 4.78 is 11.9. The van der Waals surface area contributed by atoms with Crippen LogP contribution in [0.2, 0.25) is 0 Å². The van der Waals surface area contributed by atoms with Crippen LogP contribution in [0.25, 0.3) is 10.9 Å². The van der Waals surface area contributed by atoms with Crippen molar-refractivity contribution in [1.29, 1.82) is 0 Å². The van der Waals surface area contributed by atoms with E-state index < -0.39 is 35.3 Å². The molecule has 11 heteroatoms. The van der Waals surface area contributed by atoms with Crippen molar-refractivity contribution in [2.75, 3.05) is 12.0 Å². The summed E-state index contributed by atoms with van der Waals surface area (Å²) in [6.45, 7) is 10.6. The van der Waals surface area contributed by atoms with E-state index in [9.17, 15) is 14.4 Å². The van der Waals surface area contributed by atoms with Gasteiger partial charge in [0.15, 0.2) is 0 Å². The molecule has 1 aliphatic rings. The Hall–Kier alpha value is -3.08. The van der Waals surface area contributed by atoms with Gasteiger partial charge in [-0.25, -0.2) is 24.6 Å². The predicted molar refractivity (Wildman–Crippen MR) is 135 cm³/mol. The Bertz CT molecular complexity index is 1110. The number of fused-ring (bicyclic) bond motifs is 1. The summed E-state index contributed by atoms with van der Waals surface area (Å²) in [6.07, 6.45) is -0.698. The molecule has 1 aromatic carbocycles. The van der Waals surface area contributed by atoms with Gasteiger partial charge in [-0.2, -0.15) is 0 Å². The number of nitrogens with zero attached hydrogens (tertiary/aromatic N) is 3. The number of hydrogen-bond acceptors (Lipinski definition) is 7. The van der Waals surface area contributed by atoms with Gasteiger partial charge < -0.3 is 9.47 Å². The van der Waals surface area contributed by atoms with Gasteiger partial charge in [-0.3, -0.25) is 15.6 Å². The van der Waals surface area contributed by atoms with Crippen LogP contribution in [0.15, 0.2) is 34.8 Å². The Kier molecular flexibility index (Phi) is 7.78. The van der Waals surface area contributed by atoms with E-state index >= 15 is 0 Å². The third kappa shape index (κ3) is 7.20. The predicted octanol–water partition coefficient (Wildman–Crippen LogP) is 4.99. The minimum Gasteiger partial charge on any atom is -0.442 e. The van der Waals surface area contributed by atoms with E-state index in [0.717, 1.165) is 25.4 Å². The molecular formula is C24H32BrN5O5. The number of carbonyl (C=O) groups is 3. The zero-order valence-corrected chi connectivity index (χ0v) is 22.4. The molecule has 0 spiro atoms.